The van der Waals surface area contributed by atoms with Crippen LogP contribution in [0.3, 0.4) is 0 Å². The molecule has 1 heterocycles. The Balaban J connectivity index is 1.92. The Bertz CT molecular complexity index is 797. The van der Waals surface area contributed by atoms with Gasteiger partial charge in [0, 0.05) is 24.8 Å². The fourth-order valence-electron chi connectivity index (χ4n) is 2.88. The molecule has 0 saturated carbocycles. The number of carbonyl (C=O) groups is 1. The number of nitriles is 1. The summed E-state index contributed by atoms with van der Waals surface area (Å²) in [4.78, 5) is 18.9. The molecule has 144 valence electrons. The largest absolute Gasteiger partial charge is 0.339 e. The molecule has 0 aliphatic carbocycles. The number of aromatic nitrogens is 2. The second kappa shape index (κ2) is 8.81. The molecule has 27 heavy (non-hydrogen) atoms. The van der Waals surface area contributed by atoms with Crippen LogP contribution in [0, 0.1) is 11.3 Å². The van der Waals surface area contributed by atoms with Gasteiger partial charge in [-0.1, -0.05) is 38.1 Å². The minimum Gasteiger partial charge on any atom is -0.339 e. The van der Waals surface area contributed by atoms with Gasteiger partial charge in [-0.15, -0.1) is 0 Å². The van der Waals surface area contributed by atoms with Crippen molar-refractivity contribution in [3.05, 3.63) is 47.1 Å². The molecular weight excluding hydrogens is 340 g/mol. The van der Waals surface area contributed by atoms with Crippen molar-refractivity contribution in [2.45, 2.75) is 65.3 Å². The standard InChI is InChI=1S/C21H28N4O2/c1-6-25(15(2)17-12-10-16(14-22)11-13-17)19(26)9-7-8-18-23-20(24-27-18)21(3,4)5/h10-13,15H,6-9H2,1-5H3. The van der Waals surface area contributed by atoms with E-state index < -0.39 is 0 Å². The molecule has 1 atom stereocenters. The molecule has 2 aromatic rings. The van der Waals surface area contributed by atoms with Crippen LogP contribution in [0.15, 0.2) is 28.8 Å². The summed E-state index contributed by atoms with van der Waals surface area (Å²) in [5, 5.41) is 12.9. The highest BCUT2D eigenvalue weighted by atomic mass is 16.5. The van der Waals surface area contributed by atoms with Crippen molar-refractivity contribution >= 4 is 5.91 Å². The Morgan fingerprint density at radius 3 is 2.48 bits per heavy atom. The minimum atomic E-state index is -0.146. The van der Waals surface area contributed by atoms with Crippen molar-refractivity contribution in [2.24, 2.45) is 0 Å². The lowest BCUT2D eigenvalue weighted by Gasteiger charge is -2.28. The first-order valence-corrected chi connectivity index (χ1v) is 9.38. The maximum Gasteiger partial charge on any atom is 0.226 e. The first kappa shape index (κ1) is 20.6. The minimum absolute atomic E-state index is 0.0360. The predicted molar refractivity (Wildman–Crippen MR) is 103 cm³/mol. The van der Waals surface area contributed by atoms with Crippen LogP contribution >= 0.6 is 0 Å². The van der Waals surface area contributed by atoms with Gasteiger partial charge in [0.15, 0.2) is 5.82 Å². The SMILES string of the molecule is CCN(C(=O)CCCc1nc(C(C)(C)C)no1)C(C)c1ccc(C#N)cc1. The lowest BCUT2D eigenvalue weighted by atomic mass is 9.96. The lowest BCUT2D eigenvalue weighted by Crippen LogP contribution is -2.33. The van der Waals surface area contributed by atoms with Crippen LogP contribution in [-0.4, -0.2) is 27.5 Å². The van der Waals surface area contributed by atoms with E-state index >= 15 is 0 Å². The maximum absolute atomic E-state index is 12.7. The monoisotopic (exact) mass is 368 g/mol. The van der Waals surface area contributed by atoms with E-state index in [0.717, 1.165) is 5.56 Å². The van der Waals surface area contributed by atoms with Crippen LogP contribution in [0.4, 0.5) is 0 Å². The molecule has 0 saturated heterocycles. The van der Waals surface area contributed by atoms with Gasteiger partial charge in [0.2, 0.25) is 11.8 Å². The first-order chi connectivity index (χ1) is 12.8. The summed E-state index contributed by atoms with van der Waals surface area (Å²) in [7, 11) is 0. The number of aryl methyl sites for hydroxylation is 1. The predicted octanol–water partition coefficient (Wildman–Crippen LogP) is 4.17. The molecule has 0 radical (unpaired) electrons. The first-order valence-electron chi connectivity index (χ1n) is 9.38. The van der Waals surface area contributed by atoms with Gasteiger partial charge < -0.3 is 9.42 Å². The third-order valence-corrected chi connectivity index (χ3v) is 4.57. The highest BCUT2D eigenvalue weighted by molar-refractivity contribution is 5.76. The Hall–Kier alpha value is -2.68. The normalized spacial score (nSPS) is 12.4. The number of amides is 1. The zero-order valence-electron chi connectivity index (χ0n) is 16.8. The fraction of sp³-hybridized carbons (Fsp3) is 0.524. The topological polar surface area (TPSA) is 83.0 Å². The number of hydrogen-bond acceptors (Lipinski definition) is 5. The summed E-state index contributed by atoms with van der Waals surface area (Å²) in [6, 6.07) is 9.46. The van der Waals surface area contributed by atoms with Crippen LogP contribution in [-0.2, 0) is 16.6 Å². The second-order valence-electron chi connectivity index (χ2n) is 7.70. The molecule has 2 rings (SSSR count). The van der Waals surface area contributed by atoms with Crippen molar-refractivity contribution in [3.63, 3.8) is 0 Å². The average Bonchev–Trinajstić information content (AvgIpc) is 3.11. The maximum atomic E-state index is 12.7. The van der Waals surface area contributed by atoms with E-state index in [9.17, 15) is 4.79 Å². The summed E-state index contributed by atoms with van der Waals surface area (Å²) in [6.07, 6.45) is 1.69. The highest BCUT2D eigenvalue weighted by Gasteiger charge is 2.22. The van der Waals surface area contributed by atoms with Gasteiger partial charge >= 0.3 is 0 Å². The summed E-state index contributed by atoms with van der Waals surface area (Å²) in [5.74, 6) is 1.37. The Labute approximate surface area is 161 Å². The number of nitrogens with zero attached hydrogens (tertiary/aromatic N) is 4. The molecule has 0 aliphatic heterocycles. The smallest absolute Gasteiger partial charge is 0.226 e. The van der Waals surface area contributed by atoms with Crippen LogP contribution < -0.4 is 0 Å². The number of benzene rings is 1. The van der Waals surface area contributed by atoms with E-state index in [2.05, 4.69) is 16.2 Å². The van der Waals surface area contributed by atoms with Crippen molar-refractivity contribution in [1.82, 2.24) is 15.0 Å². The molecule has 6 heteroatoms. The van der Waals surface area contributed by atoms with Crippen LogP contribution in [0.2, 0.25) is 0 Å². The van der Waals surface area contributed by atoms with Gasteiger partial charge in [0.05, 0.1) is 17.7 Å². The number of rotatable bonds is 7. The Kier molecular flexibility index (Phi) is 6.73. The molecule has 0 N–H and O–H groups in total. The lowest BCUT2D eigenvalue weighted by molar-refractivity contribution is -0.133. The van der Waals surface area contributed by atoms with Crippen LogP contribution in [0.25, 0.3) is 0 Å². The molecule has 0 bridgehead atoms. The summed E-state index contributed by atoms with van der Waals surface area (Å²) in [6.45, 7) is 10.7. The highest BCUT2D eigenvalue weighted by Crippen LogP contribution is 2.22. The van der Waals surface area contributed by atoms with Crippen molar-refractivity contribution in [1.29, 1.82) is 5.26 Å². The van der Waals surface area contributed by atoms with E-state index in [1.54, 1.807) is 12.1 Å². The Morgan fingerprint density at radius 2 is 1.96 bits per heavy atom. The molecule has 0 fully saturated rings. The Morgan fingerprint density at radius 1 is 1.30 bits per heavy atom. The quantitative estimate of drug-likeness (QED) is 0.732. The van der Waals surface area contributed by atoms with Gasteiger partial charge in [-0.05, 0) is 38.0 Å². The van der Waals surface area contributed by atoms with Gasteiger partial charge in [-0.3, -0.25) is 4.79 Å². The van der Waals surface area contributed by atoms with Crippen molar-refractivity contribution in [2.75, 3.05) is 6.54 Å². The van der Waals surface area contributed by atoms with E-state index in [1.165, 1.54) is 0 Å². The molecule has 1 aromatic heterocycles. The second-order valence-corrected chi connectivity index (χ2v) is 7.70. The van der Waals surface area contributed by atoms with E-state index in [4.69, 9.17) is 9.78 Å². The summed E-state index contributed by atoms with van der Waals surface area (Å²) in [5.41, 5.74) is 1.50. The third kappa shape index (κ3) is 5.40. The molecule has 1 amide bonds. The van der Waals surface area contributed by atoms with Gasteiger partial charge in [0.25, 0.3) is 0 Å². The molecule has 1 unspecified atom stereocenters. The van der Waals surface area contributed by atoms with Crippen molar-refractivity contribution in [3.8, 4) is 6.07 Å². The van der Waals surface area contributed by atoms with E-state index in [-0.39, 0.29) is 17.4 Å². The molecular formula is C21H28N4O2. The molecule has 0 aliphatic rings. The zero-order valence-corrected chi connectivity index (χ0v) is 16.8. The fourth-order valence-corrected chi connectivity index (χ4v) is 2.88. The molecule has 0 spiro atoms. The van der Waals surface area contributed by atoms with E-state index in [1.807, 2.05) is 51.7 Å². The van der Waals surface area contributed by atoms with Crippen molar-refractivity contribution < 1.29 is 9.32 Å². The van der Waals surface area contributed by atoms with Gasteiger partial charge in [-0.25, -0.2) is 0 Å². The van der Waals surface area contributed by atoms with Crippen LogP contribution in [0.1, 0.15) is 76.3 Å². The van der Waals surface area contributed by atoms with Gasteiger partial charge in [0.1, 0.15) is 0 Å². The van der Waals surface area contributed by atoms with E-state index in [0.29, 0.717) is 43.1 Å². The average molecular weight is 368 g/mol. The molecule has 1 aromatic carbocycles. The van der Waals surface area contributed by atoms with Gasteiger partial charge in [-0.2, -0.15) is 10.2 Å². The summed E-state index contributed by atoms with van der Waals surface area (Å²) < 4.78 is 5.29. The number of hydrogen-bond donors (Lipinski definition) is 0. The zero-order chi connectivity index (χ0) is 20.0. The number of carbonyl (C=O) groups excluding carboxylic acids is 1. The molecule has 6 nitrogen and oxygen atoms in total. The van der Waals surface area contributed by atoms with Crippen LogP contribution in [0.5, 0.6) is 0 Å². The third-order valence-electron chi connectivity index (χ3n) is 4.57. The summed E-state index contributed by atoms with van der Waals surface area (Å²) >= 11 is 0.